The van der Waals surface area contributed by atoms with Crippen LogP contribution >= 0.6 is 0 Å². The predicted molar refractivity (Wildman–Crippen MR) is 71.1 cm³/mol. The van der Waals surface area contributed by atoms with Crippen molar-refractivity contribution >= 4 is 18.0 Å². The molecule has 1 atom stereocenters. The summed E-state index contributed by atoms with van der Waals surface area (Å²) in [5, 5.41) is 0. The number of hydrogen-bond acceptors (Lipinski definition) is 4. The van der Waals surface area contributed by atoms with Crippen LogP contribution in [0.3, 0.4) is 0 Å². The molecule has 4 nitrogen and oxygen atoms in total. The third-order valence-corrected chi connectivity index (χ3v) is 5.06. The summed E-state index contributed by atoms with van der Waals surface area (Å²) in [5.74, 6) is -1.34. The van der Waals surface area contributed by atoms with Gasteiger partial charge in [-0.3, -0.25) is 0 Å². The van der Waals surface area contributed by atoms with Crippen LogP contribution in [0.2, 0.25) is 0 Å². The van der Waals surface area contributed by atoms with Gasteiger partial charge in [0.05, 0.1) is 0 Å². The van der Waals surface area contributed by atoms with Crippen molar-refractivity contribution in [1.82, 2.24) is 0 Å². The molecule has 0 N–H and O–H groups in total. The van der Waals surface area contributed by atoms with Crippen molar-refractivity contribution in [3.05, 3.63) is 46.5 Å². The quantitative estimate of drug-likeness (QED) is 0.344. The Morgan fingerprint density at radius 1 is 1.45 bits per heavy atom. The molecule has 0 aromatic carbocycles. The zero-order chi connectivity index (χ0) is 15.0. The normalized spacial score (nSPS) is 17.1. The molecule has 0 aromatic heterocycles. The molecule has 5 heteroatoms. The third kappa shape index (κ3) is 5.22. The average molecular weight is 444 g/mol. The standard InChI is InChI=1S/C9H7O2.C6H10O2.W/c10-7-9(11)8-5-3-1-2-4-6-8;1-3-4-5(2)6(7)8;/h1,3-8H;2-4H2,1H3,(H,7,8);/q;;+1/p-1. The number of ketones is 1. The first kappa shape index (κ1) is 16.5. The van der Waals surface area contributed by atoms with E-state index >= 15 is 0 Å². The monoisotopic (exact) mass is 444 g/mol. The molecule has 1 aliphatic rings. The summed E-state index contributed by atoms with van der Waals surface area (Å²) in [6.45, 7) is 5.67. The molecular formula is C15H16O4W. The fraction of sp³-hybridized carbons (Fsp3) is 0.267. The van der Waals surface area contributed by atoms with Crippen LogP contribution in [0.5, 0.6) is 0 Å². The Morgan fingerprint density at radius 2 is 2.20 bits per heavy atom. The summed E-state index contributed by atoms with van der Waals surface area (Å²) >= 11 is -1.47. The van der Waals surface area contributed by atoms with Gasteiger partial charge in [0.2, 0.25) is 0 Å². The first-order chi connectivity index (χ1) is 9.58. The Hall–Kier alpha value is -1.54. The van der Waals surface area contributed by atoms with Gasteiger partial charge < -0.3 is 0 Å². The van der Waals surface area contributed by atoms with Gasteiger partial charge in [-0.1, -0.05) is 0 Å². The fourth-order valence-electron chi connectivity index (χ4n) is 1.46. The summed E-state index contributed by atoms with van der Waals surface area (Å²) in [7, 11) is 0. The first-order valence-electron chi connectivity index (χ1n) is 6.20. The maximum absolute atomic E-state index is 11.6. The van der Waals surface area contributed by atoms with Crippen molar-refractivity contribution in [2.45, 2.75) is 19.8 Å². The van der Waals surface area contributed by atoms with Gasteiger partial charge in [-0.05, 0) is 0 Å². The minimum absolute atomic E-state index is 0.318. The molecule has 0 bridgehead atoms. The zero-order valence-corrected chi connectivity index (χ0v) is 14.1. The predicted octanol–water partition coefficient (Wildman–Crippen LogP) is 2.28. The molecule has 0 aliphatic heterocycles. The SMILES string of the molecule is C=C(CCC)C(=O)[O][W][C]1=CC=CC(C(=O)C=O)C=C1. The Kier molecular flexibility index (Phi) is 7.10. The topological polar surface area (TPSA) is 60.4 Å². The molecule has 0 aromatic rings. The molecule has 1 rings (SSSR count). The first-order valence-corrected chi connectivity index (χ1v) is 8.87. The van der Waals surface area contributed by atoms with Crippen molar-refractivity contribution in [2.75, 3.05) is 0 Å². The van der Waals surface area contributed by atoms with Gasteiger partial charge in [-0.2, -0.15) is 0 Å². The van der Waals surface area contributed by atoms with E-state index in [0.29, 0.717) is 18.3 Å². The molecule has 1 aliphatic carbocycles. The summed E-state index contributed by atoms with van der Waals surface area (Å²) < 4.78 is 6.21. The number of carbonyl (C=O) groups excluding carboxylic acids is 3. The molecule has 20 heavy (non-hydrogen) atoms. The van der Waals surface area contributed by atoms with E-state index in [1.807, 2.05) is 13.0 Å². The van der Waals surface area contributed by atoms with E-state index in [9.17, 15) is 14.4 Å². The number of aldehydes is 1. The number of allylic oxidation sites excluding steroid dienone is 6. The second-order valence-corrected chi connectivity index (χ2v) is 7.06. The summed E-state index contributed by atoms with van der Waals surface area (Å²) in [5.41, 5.74) is 0.496. The second kappa shape index (κ2) is 8.59. The molecule has 0 radical (unpaired) electrons. The van der Waals surface area contributed by atoms with Crippen LogP contribution in [0, 0.1) is 5.92 Å². The van der Waals surface area contributed by atoms with E-state index < -0.39 is 30.6 Å². The van der Waals surface area contributed by atoms with E-state index in [4.69, 9.17) is 3.39 Å². The van der Waals surface area contributed by atoms with Crippen LogP contribution in [-0.2, 0) is 36.7 Å². The van der Waals surface area contributed by atoms with Crippen LogP contribution in [0.4, 0.5) is 0 Å². The van der Waals surface area contributed by atoms with Crippen molar-refractivity contribution in [1.29, 1.82) is 0 Å². The van der Waals surface area contributed by atoms with Gasteiger partial charge in [0.25, 0.3) is 0 Å². The Bertz CT molecular complexity index is 500. The Balaban J connectivity index is 2.54. The third-order valence-electron chi connectivity index (χ3n) is 2.55. The fourth-order valence-corrected chi connectivity index (χ4v) is 3.47. The van der Waals surface area contributed by atoms with Crippen LogP contribution in [0.25, 0.3) is 0 Å². The second-order valence-electron chi connectivity index (χ2n) is 4.17. The van der Waals surface area contributed by atoms with Gasteiger partial charge in [-0.15, -0.1) is 0 Å². The van der Waals surface area contributed by atoms with Gasteiger partial charge >= 0.3 is 127 Å². The van der Waals surface area contributed by atoms with Crippen molar-refractivity contribution in [3.63, 3.8) is 0 Å². The van der Waals surface area contributed by atoms with E-state index in [0.717, 1.165) is 10.4 Å². The molecule has 0 heterocycles. The van der Waals surface area contributed by atoms with Crippen molar-refractivity contribution < 1.29 is 36.7 Å². The molecule has 0 fully saturated rings. The van der Waals surface area contributed by atoms with Crippen LogP contribution in [-0.4, -0.2) is 18.0 Å². The zero-order valence-electron chi connectivity index (χ0n) is 11.2. The summed E-state index contributed by atoms with van der Waals surface area (Å²) in [6, 6.07) is 0. The molecule has 106 valence electrons. The van der Waals surface area contributed by atoms with Crippen LogP contribution in [0.1, 0.15) is 19.8 Å². The van der Waals surface area contributed by atoms with Crippen LogP contribution in [0.15, 0.2) is 46.5 Å². The number of carbonyl (C=O) groups is 3. The molecule has 1 unspecified atom stereocenters. The van der Waals surface area contributed by atoms with Gasteiger partial charge in [0, 0.05) is 0 Å². The van der Waals surface area contributed by atoms with E-state index in [1.165, 1.54) is 0 Å². The number of Topliss-reactive ketones (excluding diaryl/α,β-unsaturated/α-hetero) is 1. The molecule has 0 saturated carbocycles. The van der Waals surface area contributed by atoms with Gasteiger partial charge in [-0.25, -0.2) is 0 Å². The maximum atomic E-state index is 11.6. The Morgan fingerprint density at radius 3 is 2.85 bits per heavy atom. The number of rotatable bonds is 7. The molecule has 0 spiro atoms. The van der Waals surface area contributed by atoms with E-state index in [-0.39, 0.29) is 5.97 Å². The molecule has 0 saturated heterocycles. The van der Waals surface area contributed by atoms with Crippen molar-refractivity contribution in [2.24, 2.45) is 5.92 Å². The number of hydrogen-bond donors (Lipinski definition) is 0. The van der Waals surface area contributed by atoms with E-state index in [1.54, 1.807) is 24.3 Å². The van der Waals surface area contributed by atoms with E-state index in [2.05, 4.69) is 6.58 Å². The van der Waals surface area contributed by atoms with Crippen LogP contribution < -0.4 is 0 Å². The minimum atomic E-state index is -1.47. The van der Waals surface area contributed by atoms with Gasteiger partial charge in [0.15, 0.2) is 0 Å². The van der Waals surface area contributed by atoms with Gasteiger partial charge in [0.1, 0.15) is 0 Å². The summed E-state index contributed by atoms with van der Waals surface area (Å²) in [4.78, 5) is 33.4. The average Bonchev–Trinajstić information content (AvgIpc) is 2.69. The molecule has 0 amide bonds. The van der Waals surface area contributed by atoms with Crippen molar-refractivity contribution in [3.8, 4) is 0 Å². The Labute approximate surface area is 127 Å². The molecular weight excluding hydrogens is 428 g/mol. The summed E-state index contributed by atoms with van der Waals surface area (Å²) in [6.07, 6.45) is 10.4.